The van der Waals surface area contributed by atoms with E-state index in [-0.39, 0.29) is 11.8 Å². The molecule has 1 saturated heterocycles. The molecule has 3 rings (SSSR count). The number of hydrogen-bond donors (Lipinski definition) is 8. The zero-order valence-corrected chi connectivity index (χ0v) is 22.5. The Morgan fingerprint density at radius 2 is 1.87 bits per heavy atom. The average Bonchev–Trinajstić information content (AvgIpc) is 3.31. The Balaban J connectivity index is 1.79. The first-order valence-corrected chi connectivity index (χ1v) is 12.8. The number of nitrogens with zero attached hydrogens (tertiary/aromatic N) is 1. The van der Waals surface area contributed by atoms with Gasteiger partial charge in [-0.15, -0.1) is 5.10 Å². The highest BCUT2D eigenvalue weighted by Crippen LogP contribution is 2.32. The number of amides is 1. The standard InChI is InChI=1S/C27H39N3O9/c1-14(2)21-18(25(30-29-21)39-26-24(37)23(36)22(35)19(11-31)38-26)10-17-7-5-16(9-15(17)3)6-8-20(34)28-27(4,12-32)13-33/h5-9,14,19,22-24,26,31-33,35-37H,10-13H2,1-4H3,(H,28,34)(H,29,30)/b8-6+/t19-,22-,23+,24-,26+/m1/s1. The molecule has 1 fully saturated rings. The Bertz CT molecular complexity index is 1140. The first-order valence-electron chi connectivity index (χ1n) is 12.8. The van der Waals surface area contributed by atoms with Crippen molar-refractivity contribution in [2.45, 2.75) is 76.3 Å². The van der Waals surface area contributed by atoms with Crippen LogP contribution in [-0.2, 0) is 16.0 Å². The largest absolute Gasteiger partial charge is 0.443 e. The molecule has 2 aromatic rings. The number of aliphatic hydroxyl groups is 6. The van der Waals surface area contributed by atoms with E-state index >= 15 is 0 Å². The molecule has 1 aromatic heterocycles. The van der Waals surface area contributed by atoms with E-state index < -0.39 is 62.0 Å². The Kier molecular flexibility index (Phi) is 10.2. The van der Waals surface area contributed by atoms with E-state index in [0.29, 0.717) is 6.42 Å². The number of aliphatic hydroxyl groups excluding tert-OH is 6. The molecule has 1 amide bonds. The molecule has 1 aliphatic heterocycles. The predicted molar refractivity (Wildman–Crippen MR) is 141 cm³/mol. The number of rotatable bonds is 11. The van der Waals surface area contributed by atoms with Crippen LogP contribution in [0.1, 0.15) is 54.6 Å². The second-order valence-corrected chi connectivity index (χ2v) is 10.5. The van der Waals surface area contributed by atoms with Gasteiger partial charge in [0.2, 0.25) is 18.1 Å². The van der Waals surface area contributed by atoms with Crippen LogP contribution in [0.2, 0.25) is 0 Å². The molecule has 2 heterocycles. The van der Waals surface area contributed by atoms with Crippen molar-refractivity contribution in [1.29, 1.82) is 0 Å². The van der Waals surface area contributed by atoms with Gasteiger partial charge in [0.15, 0.2) is 0 Å². The van der Waals surface area contributed by atoms with Crippen LogP contribution in [0.25, 0.3) is 6.08 Å². The summed E-state index contributed by atoms with van der Waals surface area (Å²) in [6.45, 7) is 6.07. The van der Waals surface area contributed by atoms with Gasteiger partial charge in [-0.1, -0.05) is 32.0 Å². The van der Waals surface area contributed by atoms with Crippen molar-refractivity contribution in [3.63, 3.8) is 0 Å². The number of aromatic amines is 1. The second kappa shape index (κ2) is 13.0. The first-order chi connectivity index (χ1) is 18.4. The molecular weight excluding hydrogens is 510 g/mol. The number of carbonyl (C=O) groups excluding carboxylic acids is 1. The van der Waals surface area contributed by atoms with E-state index in [2.05, 4.69) is 15.5 Å². The summed E-state index contributed by atoms with van der Waals surface area (Å²) in [6.07, 6.45) is -3.72. The molecule has 0 saturated carbocycles. The maximum atomic E-state index is 12.2. The van der Waals surface area contributed by atoms with Crippen molar-refractivity contribution in [2.24, 2.45) is 0 Å². The third-order valence-corrected chi connectivity index (χ3v) is 6.80. The van der Waals surface area contributed by atoms with Crippen LogP contribution in [0, 0.1) is 6.92 Å². The molecule has 216 valence electrons. The Morgan fingerprint density at radius 3 is 2.46 bits per heavy atom. The summed E-state index contributed by atoms with van der Waals surface area (Å²) < 4.78 is 11.3. The fraction of sp³-hybridized carbons (Fsp3) is 0.556. The van der Waals surface area contributed by atoms with Crippen LogP contribution in [0.5, 0.6) is 5.88 Å². The molecule has 0 unspecified atom stereocenters. The quantitative estimate of drug-likeness (QED) is 0.169. The molecule has 0 bridgehead atoms. The Morgan fingerprint density at radius 1 is 1.18 bits per heavy atom. The van der Waals surface area contributed by atoms with Crippen LogP contribution in [0.3, 0.4) is 0 Å². The summed E-state index contributed by atoms with van der Waals surface area (Å²) in [6, 6.07) is 5.66. The number of H-pyrrole nitrogens is 1. The molecule has 8 N–H and O–H groups in total. The lowest BCUT2D eigenvalue weighted by molar-refractivity contribution is -0.278. The summed E-state index contributed by atoms with van der Waals surface area (Å²) in [7, 11) is 0. The maximum Gasteiger partial charge on any atom is 0.244 e. The van der Waals surface area contributed by atoms with Crippen molar-refractivity contribution in [1.82, 2.24) is 15.5 Å². The van der Waals surface area contributed by atoms with Crippen molar-refractivity contribution in [3.8, 4) is 5.88 Å². The van der Waals surface area contributed by atoms with Gasteiger partial charge in [-0.3, -0.25) is 9.89 Å². The van der Waals surface area contributed by atoms with Crippen molar-refractivity contribution < 1.29 is 44.9 Å². The molecule has 0 spiro atoms. The summed E-state index contributed by atoms with van der Waals surface area (Å²) in [5, 5.41) is 68.5. The third-order valence-electron chi connectivity index (χ3n) is 6.80. The van der Waals surface area contributed by atoms with Crippen LogP contribution in [-0.4, -0.2) is 103 Å². The highest BCUT2D eigenvalue weighted by molar-refractivity contribution is 5.92. The van der Waals surface area contributed by atoms with Crippen LogP contribution in [0.4, 0.5) is 0 Å². The minimum atomic E-state index is -1.57. The van der Waals surface area contributed by atoms with E-state index in [4.69, 9.17) is 9.47 Å². The van der Waals surface area contributed by atoms with Crippen LogP contribution >= 0.6 is 0 Å². The van der Waals surface area contributed by atoms with Gasteiger partial charge in [0.25, 0.3) is 0 Å². The summed E-state index contributed by atoms with van der Waals surface area (Å²) in [5.74, 6) is -0.222. The zero-order chi connectivity index (χ0) is 28.9. The lowest BCUT2D eigenvalue weighted by Crippen LogP contribution is -2.60. The third kappa shape index (κ3) is 7.22. The maximum absolute atomic E-state index is 12.2. The number of carbonyl (C=O) groups is 1. The second-order valence-electron chi connectivity index (χ2n) is 10.5. The Labute approximate surface area is 226 Å². The monoisotopic (exact) mass is 549 g/mol. The van der Waals surface area contributed by atoms with Crippen molar-refractivity contribution in [3.05, 3.63) is 52.2 Å². The van der Waals surface area contributed by atoms with Gasteiger partial charge < -0.3 is 45.4 Å². The van der Waals surface area contributed by atoms with E-state index in [9.17, 15) is 35.4 Å². The molecule has 0 aliphatic carbocycles. The van der Waals surface area contributed by atoms with Gasteiger partial charge in [0.1, 0.15) is 24.4 Å². The van der Waals surface area contributed by atoms with Gasteiger partial charge >= 0.3 is 0 Å². The average molecular weight is 550 g/mol. The topological polar surface area (TPSA) is 198 Å². The normalized spacial score (nSPS) is 23.9. The SMILES string of the molecule is Cc1cc(/C=C/C(=O)NC(C)(CO)CO)ccc1Cc1c(O[C@@H]2O[C@H](CO)[C@@H](O)[C@H](O)[C@H]2O)n[nH]c1C(C)C. The molecular formula is C27H39N3O9. The van der Waals surface area contributed by atoms with E-state index in [0.717, 1.165) is 27.9 Å². The minimum absolute atomic E-state index is 0.0594. The smallest absolute Gasteiger partial charge is 0.244 e. The van der Waals surface area contributed by atoms with Gasteiger partial charge in [0, 0.05) is 23.8 Å². The fourth-order valence-corrected chi connectivity index (χ4v) is 4.23. The number of nitrogens with one attached hydrogen (secondary N) is 2. The molecule has 1 aromatic carbocycles. The number of ether oxygens (including phenoxy) is 2. The van der Waals surface area contributed by atoms with Crippen molar-refractivity contribution in [2.75, 3.05) is 19.8 Å². The summed E-state index contributed by atoms with van der Waals surface area (Å²) in [5.41, 5.74) is 3.07. The molecule has 5 atom stereocenters. The van der Waals surface area contributed by atoms with Gasteiger partial charge in [-0.2, -0.15) is 0 Å². The number of aromatic nitrogens is 2. The van der Waals surface area contributed by atoms with Gasteiger partial charge in [0.05, 0.1) is 25.4 Å². The van der Waals surface area contributed by atoms with E-state index in [1.807, 2.05) is 39.0 Å². The van der Waals surface area contributed by atoms with E-state index in [1.165, 1.54) is 13.0 Å². The first kappa shape index (κ1) is 30.7. The molecule has 12 nitrogen and oxygen atoms in total. The minimum Gasteiger partial charge on any atom is -0.443 e. The number of benzene rings is 1. The molecule has 39 heavy (non-hydrogen) atoms. The molecule has 12 heteroatoms. The molecule has 1 aliphatic rings. The summed E-state index contributed by atoms with van der Waals surface area (Å²) in [4.78, 5) is 12.2. The van der Waals surface area contributed by atoms with Gasteiger partial charge in [-0.25, -0.2) is 0 Å². The predicted octanol–water partition coefficient (Wildman–Crippen LogP) is -0.516. The van der Waals surface area contributed by atoms with E-state index in [1.54, 1.807) is 6.08 Å². The molecule has 0 radical (unpaired) electrons. The van der Waals surface area contributed by atoms with Gasteiger partial charge in [-0.05, 0) is 42.5 Å². The van der Waals surface area contributed by atoms with Crippen LogP contribution in [0.15, 0.2) is 24.3 Å². The summed E-state index contributed by atoms with van der Waals surface area (Å²) >= 11 is 0. The highest BCUT2D eigenvalue weighted by Gasteiger charge is 2.45. The fourth-order valence-electron chi connectivity index (χ4n) is 4.23. The zero-order valence-electron chi connectivity index (χ0n) is 22.5. The van der Waals surface area contributed by atoms with Crippen molar-refractivity contribution >= 4 is 12.0 Å². The van der Waals surface area contributed by atoms with Crippen LogP contribution < -0.4 is 10.1 Å². The lowest BCUT2D eigenvalue weighted by Gasteiger charge is -2.39. The lowest BCUT2D eigenvalue weighted by atomic mass is 9.95. The highest BCUT2D eigenvalue weighted by atomic mass is 16.7. The number of hydrogen-bond acceptors (Lipinski definition) is 10. The number of aryl methyl sites for hydroxylation is 1. The Hall–Kier alpha value is -2.84.